The number of fused-ring (bicyclic) bond motifs is 1. The highest BCUT2D eigenvalue weighted by molar-refractivity contribution is 5.83. The number of nitrogens with zero attached hydrogens (tertiary/aromatic N) is 1. The van der Waals surface area contributed by atoms with Crippen LogP contribution in [0.4, 0.5) is 4.53 Å². The van der Waals surface area contributed by atoms with Gasteiger partial charge >= 0.3 is 0 Å². The fraction of sp³-hybridized carbons (Fsp3) is 0.824. The van der Waals surface area contributed by atoms with E-state index in [4.69, 9.17) is 0 Å². The number of halogens is 1. The molecule has 2 unspecified atom stereocenters. The number of carbonyl (C=O) groups is 1. The van der Waals surface area contributed by atoms with E-state index in [1.54, 1.807) is 0 Å². The summed E-state index contributed by atoms with van der Waals surface area (Å²) in [6.45, 7) is 7.27. The summed E-state index contributed by atoms with van der Waals surface area (Å²) in [6, 6.07) is -0.0821. The normalized spacial score (nSPS) is 42.2. The van der Waals surface area contributed by atoms with E-state index in [1.165, 1.54) is 0 Å². The first-order valence-corrected chi connectivity index (χ1v) is 8.23. The Balaban J connectivity index is 1.84. The van der Waals surface area contributed by atoms with Gasteiger partial charge < -0.3 is 4.90 Å². The minimum atomic E-state index is -0.438. The summed E-state index contributed by atoms with van der Waals surface area (Å²) in [7, 11) is 0. The zero-order valence-electron chi connectivity index (χ0n) is 13.2. The molecule has 1 amide bonds. The molecule has 1 saturated carbocycles. The third-order valence-corrected chi connectivity index (χ3v) is 6.19. The summed E-state index contributed by atoms with van der Waals surface area (Å²) >= 11 is 0. The Hall–Kier alpha value is -0.900. The minimum Gasteiger partial charge on any atom is -0.336 e. The van der Waals surface area contributed by atoms with Gasteiger partial charge in [-0.2, -0.15) is 4.94 Å². The van der Waals surface area contributed by atoms with Crippen LogP contribution in [0.1, 0.15) is 46.5 Å². The van der Waals surface area contributed by atoms with E-state index in [9.17, 15) is 9.32 Å². The van der Waals surface area contributed by atoms with E-state index in [1.807, 2.05) is 4.90 Å². The Bertz CT molecular complexity index is 448. The van der Waals surface area contributed by atoms with Gasteiger partial charge in [-0.05, 0) is 28.7 Å². The zero-order chi connectivity index (χ0) is 15.2. The lowest BCUT2D eigenvalue weighted by Gasteiger charge is -2.40. The third-order valence-electron chi connectivity index (χ3n) is 6.19. The number of allylic oxidation sites excluding steroid dienone is 1. The molecule has 0 bridgehead atoms. The van der Waals surface area contributed by atoms with Crippen LogP contribution in [-0.4, -0.2) is 29.5 Å². The summed E-state index contributed by atoms with van der Waals surface area (Å²) in [6.07, 6.45) is 7.62. The van der Waals surface area contributed by atoms with Crippen LogP contribution in [0.5, 0.6) is 0 Å². The van der Waals surface area contributed by atoms with Crippen molar-refractivity contribution in [3.63, 3.8) is 0 Å². The molecule has 1 aliphatic heterocycles. The summed E-state index contributed by atoms with van der Waals surface area (Å²) in [5, 5.41) is 0. The lowest BCUT2D eigenvalue weighted by Crippen LogP contribution is -2.48. The molecule has 118 valence electrons. The maximum absolute atomic E-state index is 13.0. The van der Waals surface area contributed by atoms with Gasteiger partial charge in [-0.25, -0.2) is 0 Å². The van der Waals surface area contributed by atoms with Crippen LogP contribution in [0, 0.1) is 23.2 Å². The SMILES string of the molecule is C[C@@H]1C=C[C@@H]2CN(C3CCCCC3OF)C(=O)[C@@H]2C1(C)C. The van der Waals surface area contributed by atoms with Gasteiger partial charge in [-0.1, -0.05) is 45.8 Å². The van der Waals surface area contributed by atoms with E-state index in [0.29, 0.717) is 5.92 Å². The van der Waals surface area contributed by atoms with Gasteiger partial charge in [0.05, 0.1) is 12.0 Å². The molecule has 0 N–H and O–H groups in total. The molecule has 0 aromatic carbocycles. The predicted octanol–water partition coefficient (Wildman–Crippen LogP) is 3.51. The second-order valence-corrected chi connectivity index (χ2v) is 7.61. The van der Waals surface area contributed by atoms with Crippen LogP contribution in [0.3, 0.4) is 0 Å². The highest BCUT2D eigenvalue weighted by atomic mass is 19.3. The highest BCUT2D eigenvalue weighted by Crippen LogP contribution is 2.49. The summed E-state index contributed by atoms with van der Waals surface area (Å²) in [5.74, 6) is 0.892. The van der Waals surface area contributed by atoms with Crippen LogP contribution in [-0.2, 0) is 9.74 Å². The maximum atomic E-state index is 13.0. The monoisotopic (exact) mass is 295 g/mol. The lowest BCUT2D eigenvalue weighted by molar-refractivity contribution is -0.207. The van der Waals surface area contributed by atoms with Crippen molar-refractivity contribution >= 4 is 5.91 Å². The number of likely N-dealkylation sites (tertiary alicyclic amines) is 1. The highest BCUT2D eigenvalue weighted by Gasteiger charge is 2.53. The van der Waals surface area contributed by atoms with Crippen LogP contribution < -0.4 is 0 Å². The first-order chi connectivity index (χ1) is 9.96. The molecule has 0 aromatic heterocycles. The second kappa shape index (κ2) is 5.38. The Morgan fingerprint density at radius 1 is 1.29 bits per heavy atom. The van der Waals surface area contributed by atoms with Crippen molar-refractivity contribution < 1.29 is 14.3 Å². The fourth-order valence-corrected chi connectivity index (χ4v) is 4.50. The molecule has 0 radical (unpaired) electrons. The van der Waals surface area contributed by atoms with Crippen molar-refractivity contribution in [2.45, 2.75) is 58.6 Å². The van der Waals surface area contributed by atoms with E-state index < -0.39 is 6.10 Å². The molecule has 21 heavy (non-hydrogen) atoms. The molecule has 2 aliphatic carbocycles. The van der Waals surface area contributed by atoms with Crippen LogP contribution in [0.25, 0.3) is 0 Å². The smallest absolute Gasteiger partial charge is 0.227 e. The number of hydrogen-bond donors (Lipinski definition) is 0. The molecule has 4 heteroatoms. The minimum absolute atomic E-state index is 0.0275. The number of amides is 1. The van der Waals surface area contributed by atoms with Gasteiger partial charge in [0.1, 0.15) is 6.10 Å². The number of carbonyl (C=O) groups excluding carboxylic acids is 1. The van der Waals surface area contributed by atoms with E-state index in [2.05, 4.69) is 37.9 Å². The van der Waals surface area contributed by atoms with Gasteiger partial charge in [-0.3, -0.25) is 4.79 Å². The first-order valence-electron chi connectivity index (χ1n) is 8.23. The van der Waals surface area contributed by atoms with Crippen molar-refractivity contribution in [3.05, 3.63) is 12.2 Å². The molecule has 3 nitrogen and oxygen atoms in total. The van der Waals surface area contributed by atoms with Gasteiger partial charge in [0, 0.05) is 12.5 Å². The zero-order valence-corrected chi connectivity index (χ0v) is 13.2. The van der Waals surface area contributed by atoms with Crippen molar-refractivity contribution in [2.24, 2.45) is 23.2 Å². The average molecular weight is 295 g/mol. The van der Waals surface area contributed by atoms with Crippen LogP contribution >= 0.6 is 0 Å². The maximum Gasteiger partial charge on any atom is 0.227 e. The lowest BCUT2D eigenvalue weighted by atomic mass is 9.63. The number of hydrogen-bond acceptors (Lipinski definition) is 2. The molecule has 0 aromatic rings. The van der Waals surface area contributed by atoms with Crippen molar-refractivity contribution in [1.29, 1.82) is 0 Å². The second-order valence-electron chi connectivity index (χ2n) is 7.61. The summed E-state index contributed by atoms with van der Waals surface area (Å²) < 4.78 is 12.8. The largest absolute Gasteiger partial charge is 0.336 e. The van der Waals surface area contributed by atoms with Gasteiger partial charge in [0.25, 0.3) is 0 Å². The Morgan fingerprint density at radius 2 is 2.00 bits per heavy atom. The summed E-state index contributed by atoms with van der Waals surface area (Å²) in [4.78, 5) is 19.1. The standard InChI is InChI=1S/C17H26FNO2/c1-11-8-9-12-10-19(16(20)15(12)17(11,2)3)13-6-4-5-7-14(13)21-18/h8-9,11-15H,4-7,10H2,1-3H3/t11-,12-,13?,14?,15-/m1/s1. The van der Waals surface area contributed by atoms with Crippen molar-refractivity contribution in [3.8, 4) is 0 Å². The molecule has 5 atom stereocenters. The first kappa shape index (κ1) is 15.0. The van der Waals surface area contributed by atoms with Gasteiger partial charge in [0.15, 0.2) is 0 Å². The Morgan fingerprint density at radius 3 is 2.71 bits per heavy atom. The molecule has 3 aliphatic rings. The molecule has 0 spiro atoms. The quantitative estimate of drug-likeness (QED) is 0.730. The predicted molar refractivity (Wildman–Crippen MR) is 79.0 cm³/mol. The molecule has 1 saturated heterocycles. The van der Waals surface area contributed by atoms with Crippen molar-refractivity contribution in [2.75, 3.05) is 6.54 Å². The van der Waals surface area contributed by atoms with Crippen molar-refractivity contribution in [1.82, 2.24) is 4.90 Å². The van der Waals surface area contributed by atoms with E-state index >= 15 is 0 Å². The average Bonchev–Trinajstić information content (AvgIpc) is 2.81. The van der Waals surface area contributed by atoms with Crippen LogP contribution in [0.15, 0.2) is 12.2 Å². The Labute approximate surface area is 126 Å². The topological polar surface area (TPSA) is 29.5 Å². The van der Waals surface area contributed by atoms with Crippen LogP contribution in [0.2, 0.25) is 0 Å². The molecule has 3 rings (SSSR count). The fourth-order valence-electron chi connectivity index (χ4n) is 4.50. The third kappa shape index (κ3) is 2.32. The van der Waals surface area contributed by atoms with Gasteiger partial charge in [0.2, 0.25) is 5.91 Å². The Kier molecular flexibility index (Phi) is 3.85. The number of rotatable bonds is 2. The summed E-state index contributed by atoms with van der Waals surface area (Å²) in [5.41, 5.74) is -0.0357. The molecule has 2 fully saturated rings. The molecule has 1 heterocycles. The molecular weight excluding hydrogens is 269 g/mol. The van der Waals surface area contributed by atoms with E-state index in [0.717, 1.165) is 32.2 Å². The molecular formula is C17H26FNO2. The van der Waals surface area contributed by atoms with Gasteiger partial charge in [-0.15, -0.1) is 0 Å². The van der Waals surface area contributed by atoms with E-state index in [-0.39, 0.29) is 29.2 Å².